The van der Waals surface area contributed by atoms with Crippen LogP contribution in [0.25, 0.3) is 5.65 Å². The summed E-state index contributed by atoms with van der Waals surface area (Å²) in [4.78, 5) is 20.4. The quantitative estimate of drug-likeness (QED) is 0.154. The van der Waals surface area contributed by atoms with Crippen molar-refractivity contribution in [3.05, 3.63) is 105 Å². The van der Waals surface area contributed by atoms with Gasteiger partial charge in [-0.05, 0) is 74.4 Å². The Hall–Kier alpha value is -3.61. The van der Waals surface area contributed by atoms with Crippen molar-refractivity contribution < 1.29 is 14.3 Å². The normalized spacial score (nSPS) is 15.1. The zero-order chi connectivity index (χ0) is 27.4. The molecule has 0 saturated carbocycles. The molecule has 1 N–H and O–H groups in total. The second-order valence-corrected chi connectivity index (χ2v) is 10.6. The summed E-state index contributed by atoms with van der Waals surface area (Å²) in [7, 11) is 2.47. The van der Waals surface area contributed by atoms with Gasteiger partial charge in [-0.15, -0.1) is 9.24 Å². The molecule has 7 nitrogen and oxygen atoms in total. The van der Waals surface area contributed by atoms with Gasteiger partial charge in [0.05, 0.1) is 5.71 Å². The van der Waals surface area contributed by atoms with E-state index in [0.29, 0.717) is 53.5 Å². The number of pyridine rings is 1. The fraction of sp³-hybridized carbons (Fsp3) is 0.300. The lowest BCUT2D eigenvalue weighted by atomic mass is 9.88. The first kappa shape index (κ1) is 27.0. The highest BCUT2D eigenvalue weighted by molar-refractivity contribution is 7.27. The van der Waals surface area contributed by atoms with E-state index in [1.165, 1.54) is 6.07 Å². The predicted octanol–water partition coefficient (Wildman–Crippen LogP) is 4.35. The standard InChI is InChI=1S/C30H32FN4O3P/c1-20-24(30(36)35-14-5-8-27(29(35)32-20)38-19-21-6-3-2-4-7-21)13-17-34-15-11-22(12-16-34)28(33-37)25-10-9-23(39)18-26(25)31/h2-10,14,18,22,37H,11-13,15-17,19,39H2,1H3/b33-28-. The Labute approximate surface area is 229 Å². The zero-order valence-corrected chi connectivity index (χ0v) is 23.0. The van der Waals surface area contributed by atoms with Crippen molar-refractivity contribution in [2.75, 3.05) is 19.6 Å². The number of nitrogens with zero attached hydrogens (tertiary/aromatic N) is 4. The Morgan fingerprint density at radius 3 is 2.64 bits per heavy atom. The lowest BCUT2D eigenvalue weighted by Gasteiger charge is -2.32. The third-order valence-corrected chi connectivity index (χ3v) is 7.74. The lowest BCUT2D eigenvalue weighted by Crippen LogP contribution is -2.38. The first-order valence-corrected chi connectivity index (χ1v) is 13.7. The van der Waals surface area contributed by atoms with Gasteiger partial charge in [-0.1, -0.05) is 41.6 Å². The Balaban J connectivity index is 1.24. The summed E-state index contributed by atoms with van der Waals surface area (Å²) in [6, 6.07) is 18.4. The van der Waals surface area contributed by atoms with E-state index in [0.717, 1.165) is 36.8 Å². The van der Waals surface area contributed by atoms with E-state index in [4.69, 9.17) is 9.72 Å². The van der Waals surface area contributed by atoms with Gasteiger partial charge in [0.2, 0.25) is 0 Å². The van der Waals surface area contributed by atoms with Crippen molar-refractivity contribution >= 4 is 25.9 Å². The van der Waals surface area contributed by atoms with Crippen LogP contribution in [0.5, 0.6) is 5.75 Å². The monoisotopic (exact) mass is 546 g/mol. The number of oxime groups is 1. The Kier molecular flexibility index (Phi) is 8.34. The molecule has 2 aromatic heterocycles. The molecule has 0 amide bonds. The Morgan fingerprint density at radius 1 is 1.15 bits per heavy atom. The number of likely N-dealkylation sites (tertiary alicyclic amines) is 1. The maximum Gasteiger partial charge on any atom is 0.261 e. The molecule has 39 heavy (non-hydrogen) atoms. The molecule has 9 heteroatoms. The summed E-state index contributed by atoms with van der Waals surface area (Å²) in [5.41, 5.74) is 3.61. The molecule has 2 aromatic carbocycles. The van der Waals surface area contributed by atoms with Gasteiger partial charge in [0.1, 0.15) is 12.4 Å². The van der Waals surface area contributed by atoms with E-state index in [1.54, 1.807) is 28.8 Å². The smallest absolute Gasteiger partial charge is 0.261 e. The molecule has 1 aliphatic rings. The highest BCUT2D eigenvalue weighted by Gasteiger charge is 2.27. The molecule has 4 aromatic rings. The first-order valence-electron chi connectivity index (χ1n) is 13.1. The number of halogens is 1. The number of rotatable bonds is 8. The number of hydrogen-bond donors (Lipinski definition) is 1. The van der Waals surface area contributed by atoms with Crippen molar-refractivity contribution in [3.63, 3.8) is 0 Å². The summed E-state index contributed by atoms with van der Waals surface area (Å²) < 4.78 is 22.1. The molecule has 1 unspecified atom stereocenters. The van der Waals surface area contributed by atoms with Gasteiger partial charge in [0.25, 0.3) is 5.56 Å². The fourth-order valence-corrected chi connectivity index (χ4v) is 5.45. The van der Waals surface area contributed by atoms with E-state index >= 15 is 0 Å². The number of ether oxygens (including phenoxy) is 1. The number of aromatic nitrogens is 2. The van der Waals surface area contributed by atoms with E-state index < -0.39 is 0 Å². The van der Waals surface area contributed by atoms with Crippen LogP contribution in [-0.4, -0.2) is 44.8 Å². The van der Waals surface area contributed by atoms with Crippen molar-refractivity contribution in [1.82, 2.24) is 14.3 Å². The molecule has 202 valence electrons. The van der Waals surface area contributed by atoms with Gasteiger partial charge in [-0.25, -0.2) is 9.37 Å². The molecule has 1 fully saturated rings. The number of piperidine rings is 1. The molecule has 1 atom stereocenters. The van der Waals surface area contributed by atoms with Crippen LogP contribution >= 0.6 is 9.24 Å². The SMILES string of the molecule is Cc1nc2c(OCc3ccccc3)cccn2c(=O)c1CCN1CCC(/C(=N/O)c2ccc(P)cc2F)CC1. The van der Waals surface area contributed by atoms with Crippen LogP contribution in [-0.2, 0) is 13.0 Å². The Morgan fingerprint density at radius 2 is 1.92 bits per heavy atom. The average molecular weight is 547 g/mol. The van der Waals surface area contributed by atoms with Crippen molar-refractivity contribution in [1.29, 1.82) is 0 Å². The minimum atomic E-state index is -0.383. The maximum absolute atomic E-state index is 14.5. The molecule has 0 bridgehead atoms. The van der Waals surface area contributed by atoms with Crippen LogP contribution in [0.15, 0.2) is 76.8 Å². The van der Waals surface area contributed by atoms with Gasteiger partial charge in [-0.2, -0.15) is 0 Å². The highest BCUT2D eigenvalue weighted by atomic mass is 31.0. The highest BCUT2D eigenvalue weighted by Crippen LogP contribution is 2.25. The molecule has 0 radical (unpaired) electrons. The molecule has 0 aliphatic carbocycles. The Bertz CT molecular complexity index is 1550. The third-order valence-electron chi connectivity index (χ3n) is 7.38. The molecule has 3 heterocycles. The lowest BCUT2D eigenvalue weighted by molar-refractivity contribution is 0.208. The molecule has 5 rings (SSSR count). The summed E-state index contributed by atoms with van der Waals surface area (Å²) >= 11 is 0. The van der Waals surface area contributed by atoms with Crippen molar-refractivity contribution in [2.45, 2.75) is 32.8 Å². The van der Waals surface area contributed by atoms with Crippen LogP contribution in [0, 0.1) is 18.7 Å². The second kappa shape index (κ2) is 12.1. The first-order chi connectivity index (χ1) is 18.9. The average Bonchev–Trinajstić information content (AvgIpc) is 2.94. The topological polar surface area (TPSA) is 79.4 Å². The van der Waals surface area contributed by atoms with Gasteiger partial charge in [0, 0.05) is 35.5 Å². The third kappa shape index (κ3) is 6.02. The molecule has 1 aliphatic heterocycles. The number of aryl methyl sites for hydroxylation is 1. The maximum atomic E-state index is 14.5. The van der Waals surface area contributed by atoms with E-state index in [1.807, 2.05) is 43.3 Å². The summed E-state index contributed by atoms with van der Waals surface area (Å²) in [6.07, 6.45) is 3.80. The number of fused-ring (bicyclic) bond motifs is 1. The number of benzene rings is 2. The molecule has 1 saturated heterocycles. The van der Waals surface area contributed by atoms with Crippen molar-refractivity contribution in [3.8, 4) is 5.75 Å². The van der Waals surface area contributed by atoms with Gasteiger partial charge < -0.3 is 14.8 Å². The summed E-state index contributed by atoms with van der Waals surface area (Å²) in [5, 5.41) is 13.9. The second-order valence-electron chi connectivity index (χ2n) is 9.91. The summed E-state index contributed by atoms with van der Waals surface area (Å²) in [5.74, 6) is 0.159. The van der Waals surface area contributed by atoms with Gasteiger partial charge >= 0.3 is 0 Å². The van der Waals surface area contributed by atoms with Crippen LogP contribution in [0.4, 0.5) is 4.39 Å². The minimum absolute atomic E-state index is 0.0277. The molecule has 0 spiro atoms. The van der Waals surface area contributed by atoms with Gasteiger partial charge in [-0.3, -0.25) is 9.20 Å². The molecular formula is C30H32FN4O3P. The zero-order valence-electron chi connectivity index (χ0n) is 21.9. The van der Waals surface area contributed by atoms with Crippen LogP contribution in [0.2, 0.25) is 0 Å². The minimum Gasteiger partial charge on any atom is -0.485 e. The van der Waals surface area contributed by atoms with E-state index in [9.17, 15) is 14.4 Å². The fourth-order valence-electron chi connectivity index (χ4n) is 5.21. The molecular weight excluding hydrogens is 514 g/mol. The van der Waals surface area contributed by atoms with Crippen LogP contribution in [0.1, 0.15) is 35.2 Å². The number of hydrogen-bond acceptors (Lipinski definition) is 6. The van der Waals surface area contributed by atoms with Crippen LogP contribution < -0.4 is 15.6 Å². The van der Waals surface area contributed by atoms with E-state index in [2.05, 4.69) is 19.3 Å². The van der Waals surface area contributed by atoms with Crippen LogP contribution in [0.3, 0.4) is 0 Å². The van der Waals surface area contributed by atoms with Gasteiger partial charge in [0.15, 0.2) is 11.4 Å². The predicted molar refractivity (Wildman–Crippen MR) is 154 cm³/mol. The summed E-state index contributed by atoms with van der Waals surface area (Å²) in [6.45, 7) is 4.52. The van der Waals surface area contributed by atoms with E-state index in [-0.39, 0.29) is 17.3 Å². The van der Waals surface area contributed by atoms with Crippen molar-refractivity contribution in [2.24, 2.45) is 11.1 Å². The largest absolute Gasteiger partial charge is 0.485 e.